The topological polar surface area (TPSA) is 38.3 Å². The third kappa shape index (κ3) is 5.04. The molecule has 1 atom stereocenters. The average Bonchev–Trinajstić information content (AvgIpc) is 2.57. The summed E-state index contributed by atoms with van der Waals surface area (Å²) in [4.78, 5) is 12.5. The predicted octanol–water partition coefficient (Wildman–Crippen LogP) is 5.41. The molecule has 1 unspecified atom stereocenters. The Bertz CT molecular complexity index is 789. The van der Waals surface area contributed by atoms with E-state index in [1.165, 1.54) is 11.1 Å². The zero-order valence-electron chi connectivity index (χ0n) is 15.3. The van der Waals surface area contributed by atoms with Gasteiger partial charge in [-0.25, -0.2) is 0 Å². The molecular formula is C21H24BrNO2S. The number of carbonyl (C=O) groups excluding carboxylic acids is 1. The average molecular weight is 434 g/mol. The van der Waals surface area contributed by atoms with E-state index in [0.29, 0.717) is 5.75 Å². The number of halogens is 1. The number of ether oxygens (including phenoxy) is 1. The standard InChI is InChI=1S/C21H24BrNO2S/c1-14-4-9-19-17(10-14)18(11-21(2,3)25-19)23-20(24)13-26-12-15-5-7-16(22)8-6-15/h4-10,18H,11-13H2,1-3H3,(H,23,24). The summed E-state index contributed by atoms with van der Waals surface area (Å²) >= 11 is 5.07. The van der Waals surface area contributed by atoms with Gasteiger partial charge in [0.1, 0.15) is 11.4 Å². The van der Waals surface area contributed by atoms with Crippen molar-refractivity contribution in [1.82, 2.24) is 5.32 Å². The molecule has 1 heterocycles. The second-order valence-corrected chi connectivity index (χ2v) is 9.25. The largest absolute Gasteiger partial charge is 0.487 e. The van der Waals surface area contributed by atoms with Crippen LogP contribution in [-0.2, 0) is 10.5 Å². The van der Waals surface area contributed by atoms with Crippen molar-refractivity contribution in [3.05, 3.63) is 63.6 Å². The first-order chi connectivity index (χ1) is 12.3. The number of amides is 1. The van der Waals surface area contributed by atoms with Crippen LogP contribution in [0.3, 0.4) is 0 Å². The number of aryl methyl sites for hydroxylation is 1. The van der Waals surface area contributed by atoms with E-state index in [1.807, 2.05) is 24.3 Å². The van der Waals surface area contributed by atoms with Crippen LogP contribution in [0.2, 0.25) is 0 Å². The molecule has 5 heteroatoms. The second kappa shape index (κ2) is 8.05. The smallest absolute Gasteiger partial charge is 0.230 e. The Morgan fingerprint density at radius 3 is 2.73 bits per heavy atom. The molecule has 0 spiro atoms. The maximum absolute atomic E-state index is 12.5. The lowest BCUT2D eigenvalue weighted by Crippen LogP contribution is -2.41. The lowest BCUT2D eigenvalue weighted by molar-refractivity contribution is -0.119. The fraction of sp³-hybridized carbons (Fsp3) is 0.381. The lowest BCUT2D eigenvalue weighted by Gasteiger charge is -2.38. The molecule has 1 aliphatic rings. The molecule has 3 nitrogen and oxygen atoms in total. The molecule has 0 aromatic heterocycles. The van der Waals surface area contributed by atoms with Crippen molar-refractivity contribution in [1.29, 1.82) is 0 Å². The van der Waals surface area contributed by atoms with E-state index in [0.717, 1.165) is 28.0 Å². The summed E-state index contributed by atoms with van der Waals surface area (Å²) in [6.07, 6.45) is 0.770. The number of hydrogen-bond acceptors (Lipinski definition) is 3. The van der Waals surface area contributed by atoms with Gasteiger partial charge in [0, 0.05) is 22.2 Å². The highest BCUT2D eigenvalue weighted by atomic mass is 79.9. The Balaban J connectivity index is 1.60. The van der Waals surface area contributed by atoms with Gasteiger partial charge in [-0.3, -0.25) is 4.79 Å². The highest BCUT2D eigenvalue weighted by Gasteiger charge is 2.34. The number of hydrogen-bond donors (Lipinski definition) is 1. The van der Waals surface area contributed by atoms with E-state index in [2.05, 4.69) is 60.2 Å². The van der Waals surface area contributed by atoms with Crippen LogP contribution in [0.5, 0.6) is 5.75 Å². The highest BCUT2D eigenvalue weighted by molar-refractivity contribution is 9.10. The van der Waals surface area contributed by atoms with E-state index in [9.17, 15) is 4.79 Å². The van der Waals surface area contributed by atoms with Crippen LogP contribution in [0.1, 0.15) is 43.0 Å². The van der Waals surface area contributed by atoms with Gasteiger partial charge in [0.25, 0.3) is 0 Å². The summed E-state index contributed by atoms with van der Waals surface area (Å²) in [6, 6.07) is 14.4. The van der Waals surface area contributed by atoms with Crippen LogP contribution in [0.4, 0.5) is 0 Å². The van der Waals surface area contributed by atoms with Gasteiger partial charge in [-0.15, -0.1) is 11.8 Å². The lowest BCUT2D eigenvalue weighted by atomic mass is 9.89. The summed E-state index contributed by atoms with van der Waals surface area (Å²) < 4.78 is 7.14. The Labute approximate surface area is 168 Å². The quantitative estimate of drug-likeness (QED) is 0.684. The minimum absolute atomic E-state index is 0.00516. The Hall–Kier alpha value is -1.46. The summed E-state index contributed by atoms with van der Waals surface area (Å²) in [6.45, 7) is 6.20. The summed E-state index contributed by atoms with van der Waals surface area (Å²) in [7, 11) is 0. The van der Waals surface area contributed by atoms with Gasteiger partial charge in [-0.1, -0.05) is 45.8 Å². The van der Waals surface area contributed by atoms with Gasteiger partial charge in [0.05, 0.1) is 11.8 Å². The van der Waals surface area contributed by atoms with E-state index < -0.39 is 0 Å². The molecule has 0 fully saturated rings. The molecule has 0 bridgehead atoms. The van der Waals surface area contributed by atoms with Gasteiger partial charge in [0.2, 0.25) is 5.91 Å². The molecule has 0 aliphatic carbocycles. The van der Waals surface area contributed by atoms with E-state index >= 15 is 0 Å². The van der Waals surface area contributed by atoms with Gasteiger partial charge in [-0.2, -0.15) is 0 Å². The van der Waals surface area contributed by atoms with Gasteiger partial charge in [0.15, 0.2) is 0 Å². The molecule has 0 radical (unpaired) electrons. The monoisotopic (exact) mass is 433 g/mol. The fourth-order valence-electron chi connectivity index (χ4n) is 3.18. The second-order valence-electron chi connectivity index (χ2n) is 7.35. The third-order valence-electron chi connectivity index (χ3n) is 4.37. The van der Waals surface area contributed by atoms with Gasteiger partial charge in [-0.05, 0) is 44.5 Å². The van der Waals surface area contributed by atoms with Crippen molar-refractivity contribution in [3.8, 4) is 5.75 Å². The predicted molar refractivity (Wildman–Crippen MR) is 112 cm³/mol. The number of nitrogens with one attached hydrogen (secondary N) is 1. The van der Waals surface area contributed by atoms with Crippen LogP contribution in [-0.4, -0.2) is 17.3 Å². The van der Waals surface area contributed by atoms with Crippen LogP contribution in [0.15, 0.2) is 46.9 Å². The highest BCUT2D eigenvalue weighted by Crippen LogP contribution is 2.39. The van der Waals surface area contributed by atoms with Gasteiger partial charge < -0.3 is 10.1 Å². The molecule has 1 amide bonds. The first kappa shape index (κ1) is 19.3. The number of rotatable bonds is 5. The number of thioether (sulfide) groups is 1. The Morgan fingerprint density at radius 2 is 2.00 bits per heavy atom. The van der Waals surface area contributed by atoms with Crippen molar-refractivity contribution in [3.63, 3.8) is 0 Å². The summed E-state index contributed by atoms with van der Waals surface area (Å²) in [5.41, 5.74) is 3.19. The number of carbonyl (C=O) groups is 1. The molecule has 26 heavy (non-hydrogen) atoms. The molecule has 1 N–H and O–H groups in total. The molecule has 138 valence electrons. The molecule has 0 saturated heterocycles. The van der Waals surface area contributed by atoms with Crippen molar-refractivity contribution in [2.24, 2.45) is 0 Å². The first-order valence-corrected chi connectivity index (χ1v) is 10.7. The zero-order valence-corrected chi connectivity index (χ0v) is 17.7. The van der Waals surface area contributed by atoms with Crippen molar-refractivity contribution in [2.45, 2.75) is 44.6 Å². The van der Waals surface area contributed by atoms with Crippen LogP contribution in [0, 0.1) is 6.92 Å². The van der Waals surface area contributed by atoms with Crippen LogP contribution < -0.4 is 10.1 Å². The van der Waals surface area contributed by atoms with Crippen molar-refractivity contribution < 1.29 is 9.53 Å². The minimum Gasteiger partial charge on any atom is -0.487 e. The summed E-state index contributed by atoms with van der Waals surface area (Å²) in [5, 5.41) is 3.21. The van der Waals surface area contributed by atoms with Crippen molar-refractivity contribution in [2.75, 3.05) is 5.75 Å². The zero-order chi connectivity index (χ0) is 18.7. The molecule has 2 aromatic carbocycles. The van der Waals surface area contributed by atoms with E-state index in [-0.39, 0.29) is 17.6 Å². The normalized spacial score (nSPS) is 17.9. The Kier molecular flexibility index (Phi) is 5.98. The SMILES string of the molecule is Cc1ccc2c(c1)C(NC(=O)CSCc1ccc(Br)cc1)CC(C)(C)O2. The maximum atomic E-state index is 12.5. The van der Waals surface area contributed by atoms with Crippen LogP contribution in [0.25, 0.3) is 0 Å². The Morgan fingerprint density at radius 1 is 1.27 bits per heavy atom. The molecule has 0 saturated carbocycles. The molecule has 1 aliphatic heterocycles. The molecular weight excluding hydrogens is 410 g/mol. The molecule has 2 aromatic rings. The van der Waals surface area contributed by atoms with Crippen molar-refractivity contribution >= 4 is 33.6 Å². The molecule has 3 rings (SSSR count). The number of fused-ring (bicyclic) bond motifs is 1. The summed E-state index contributed by atoms with van der Waals surface area (Å²) in [5.74, 6) is 2.23. The van der Waals surface area contributed by atoms with E-state index in [1.54, 1.807) is 11.8 Å². The maximum Gasteiger partial charge on any atom is 0.230 e. The fourth-order valence-corrected chi connectivity index (χ4v) is 4.24. The minimum atomic E-state index is -0.287. The van der Waals surface area contributed by atoms with Gasteiger partial charge >= 0.3 is 0 Å². The van der Waals surface area contributed by atoms with Crippen LogP contribution >= 0.6 is 27.7 Å². The third-order valence-corrected chi connectivity index (χ3v) is 5.91. The number of benzene rings is 2. The van der Waals surface area contributed by atoms with E-state index in [4.69, 9.17) is 4.74 Å². The first-order valence-electron chi connectivity index (χ1n) is 8.73.